The van der Waals surface area contributed by atoms with Gasteiger partial charge in [0.25, 0.3) is 0 Å². The molecule has 1 heterocycles. The highest BCUT2D eigenvalue weighted by Crippen LogP contribution is 2.27. The van der Waals surface area contributed by atoms with Gasteiger partial charge in [-0.05, 0) is 31.7 Å². The number of benzene rings is 2. The van der Waals surface area contributed by atoms with E-state index in [9.17, 15) is 9.59 Å². The van der Waals surface area contributed by atoms with Crippen molar-refractivity contribution in [2.75, 3.05) is 18.5 Å². The van der Waals surface area contributed by atoms with E-state index in [2.05, 4.69) is 27.7 Å². The summed E-state index contributed by atoms with van der Waals surface area (Å²) >= 11 is 0. The van der Waals surface area contributed by atoms with Crippen molar-refractivity contribution in [1.29, 1.82) is 0 Å². The molecule has 1 fully saturated rings. The number of anilines is 1. The lowest BCUT2D eigenvalue weighted by atomic mass is 9.87. The zero-order valence-electron chi connectivity index (χ0n) is 19.6. The van der Waals surface area contributed by atoms with Crippen LogP contribution in [0.2, 0.25) is 0 Å². The number of nitrogens with zero attached hydrogens (tertiary/aromatic N) is 2. The second kappa shape index (κ2) is 10.6. The molecule has 1 aliphatic carbocycles. The Balaban J connectivity index is 1.46. The monoisotopic (exact) mass is 446 g/mol. The molecule has 1 saturated carbocycles. The van der Waals surface area contributed by atoms with Crippen LogP contribution in [-0.2, 0) is 9.59 Å². The van der Waals surface area contributed by atoms with Gasteiger partial charge in [0.1, 0.15) is 12.2 Å². The van der Waals surface area contributed by atoms with E-state index in [1.807, 2.05) is 49.5 Å². The molecular weight excluding hydrogens is 412 g/mol. The normalized spacial score (nSPS) is 19.6. The average Bonchev–Trinajstić information content (AvgIpc) is 2.96. The van der Waals surface area contributed by atoms with Gasteiger partial charge < -0.3 is 15.5 Å². The predicted octanol–water partition coefficient (Wildman–Crippen LogP) is 3.89. The molecule has 2 N–H and O–H groups in total. The van der Waals surface area contributed by atoms with Crippen LogP contribution in [0.25, 0.3) is 0 Å². The maximum atomic E-state index is 13.0. The van der Waals surface area contributed by atoms with E-state index < -0.39 is 12.2 Å². The zero-order chi connectivity index (χ0) is 23.2. The maximum absolute atomic E-state index is 13.0. The summed E-state index contributed by atoms with van der Waals surface area (Å²) in [7, 11) is 2.01. The molecule has 2 aliphatic rings. The number of hydrogen-bond donors (Lipinski definition) is 2. The number of benzodiazepines with no additional fused rings is 1. The second-order valence-electron chi connectivity index (χ2n) is 9.26. The van der Waals surface area contributed by atoms with E-state index in [1.54, 1.807) is 6.92 Å². The van der Waals surface area contributed by atoms with Gasteiger partial charge in [0.05, 0.1) is 12.3 Å². The van der Waals surface area contributed by atoms with Gasteiger partial charge in [0.2, 0.25) is 11.8 Å². The van der Waals surface area contributed by atoms with Crippen LogP contribution >= 0.6 is 0 Å². The number of amides is 2. The van der Waals surface area contributed by atoms with E-state index in [0.29, 0.717) is 18.9 Å². The van der Waals surface area contributed by atoms with Gasteiger partial charge in [0, 0.05) is 30.3 Å². The third-order valence-corrected chi connectivity index (χ3v) is 6.63. The molecule has 6 nitrogen and oxygen atoms in total. The van der Waals surface area contributed by atoms with E-state index >= 15 is 0 Å². The summed E-state index contributed by atoms with van der Waals surface area (Å²) in [6.07, 6.45) is 5.97. The number of fused-ring (bicyclic) bond motifs is 1. The molecule has 2 atom stereocenters. The summed E-state index contributed by atoms with van der Waals surface area (Å²) < 4.78 is 0. The van der Waals surface area contributed by atoms with Crippen LogP contribution in [0.5, 0.6) is 0 Å². The topological polar surface area (TPSA) is 73.8 Å². The van der Waals surface area contributed by atoms with Crippen molar-refractivity contribution in [1.82, 2.24) is 10.6 Å². The molecule has 0 radical (unpaired) electrons. The Morgan fingerprint density at radius 3 is 2.48 bits per heavy atom. The number of hydrogen-bond acceptors (Lipinski definition) is 4. The van der Waals surface area contributed by atoms with Crippen LogP contribution in [0.3, 0.4) is 0 Å². The Morgan fingerprint density at radius 2 is 1.73 bits per heavy atom. The van der Waals surface area contributed by atoms with Crippen molar-refractivity contribution in [2.24, 2.45) is 10.9 Å². The molecule has 174 valence electrons. The van der Waals surface area contributed by atoms with E-state index in [0.717, 1.165) is 35.4 Å². The van der Waals surface area contributed by atoms with Crippen LogP contribution in [0.1, 0.15) is 56.6 Å². The highest BCUT2D eigenvalue weighted by atomic mass is 16.2. The van der Waals surface area contributed by atoms with Crippen molar-refractivity contribution in [2.45, 2.75) is 57.7 Å². The molecule has 0 bridgehead atoms. The number of likely N-dealkylation sites (N-methyl/N-ethyl adjacent to an activating group) is 1. The predicted molar refractivity (Wildman–Crippen MR) is 133 cm³/mol. The van der Waals surface area contributed by atoms with Crippen molar-refractivity contribution in [3.05, 3.63) is 65.7 Å². The molecule has 0 unspecified atom stereocenters. The molecule has 0 saturated heterocycles. The minimum absolute atomic E-state index is 0.0385. The van der Waals surface area contributed by atoms with Crippen LogP contribution in [0.4, 0.5) is 5.69 Å². The van der Waals surface area contributed by atoms with Gasteiger partial charge in [-0.15, -0.1) is 0 Å². The summed E-state index contributed by atoms with van der Waals surface area (Å²) in [5.41, 5.74) is 3.98. The summed E-state index contributed by atoms with van der Waals surface area (Å²) in [6.45, 7) is 2.28. The van der Waals surface area contributed by atoms with Crippen LogP contribution in [-0.4, -0.2) is 43.3 Å². The van der Waals surface area contributed by atoms with Gasteiger partial charge in [-0.1, -0.05) is 67.8 Å². The van der Waals surface area contributed by atoms with Crippen LogP contribution in [0.15, 0.2) is 59.6 Å². The fourth-order valence-corrected chi connectivity index (χ4v) is 4.84. The Labute approximate surface area is 196 Å². The van der Waals surface area contributed by atoms with Gasteiger partial charge in [-0.2, -0.15) is 0 Å². The molecule has 4 rings (SSSR count). The van der Waals surface area contributed by atoms with Gasteiger partial charge in [-0.3, -0.25) is 14.6 Å². The molecule has 0 spiro atoms. The summed E-state index contributed by atoms with van der Waals surface area (Å²) in [5, 5.41) is 5.94. The molecule has 2 aromatic rings. The van der Waals surface area contributed by atoms with Gasteiger partial charge in [-0.25, -0.2) is 0 Å². The first kappa shape index (κ1) is 23.0. The van der Waals surface area contributed by atoms with Crippen molar-refractivity contribution in [3.63, 3.8) is 0 Å². The van der Waals surface area contributed by atoms with Gasteiger partial charge >= 0.3 is 0 Å². The average molecular weight is 447 g/mol. The van der Waals surface area contributed by atoms with Crippen LogP contribution in [0, 0.1) is 5.92 Å². The summed E-state index contributed by atoms with van der Waals surface area (Å²) in [4.78, 5) is 32.5. The first-order chi connectivity index (χ1) is 16.0. The third kappa shape index (κ3) is 5.81. The number of para-hydroxylation sites is 1. The smallest absolute Gasteiger partial charge is 0.243 e. The largest absolute Gasteiger partial charge is 0.370 e. The fraction of sp³-hybridized carbons (Fsp3) is 0.444. The molecule has 1 aliphatic heterocycles. The third-order valence-electron chi connectivity index (χ3n) is 6.63. The number of nitrogens with one attached hydrogen (secondary N) is 2. The molecule has 0 aromatic heterocycles. The molecule has 2 aromatic carbocycles. The molecule has 33 heavy (non-hydrogen) atoms. The van der Waals surface area contributed by atoms with Gasteiger partial charge in [0.15, 0.2) is 0 Å². The lowest BCUT2D eigenvalue weighted by Crippen LogP contribution is -2.50. The van der Waals surface area contributed by atoms with Crippen molar-refractivity contribution >= 4 is 23.2 Å². The number of carbonyl (C=O) groups is 2. The first-order valence-electron chi connectivity index (χ1n) is 12.0. The van der Waals surface area contributed by atoms with E-state index in [1.165, 1.54) is 19.3 Å². The molecular formula is C27H34N4O2. The Kier molecular flexibility index (Phi) is 7.43. The highest BCUT2D eigenvalue weighted by Gasteiger charge is 2.26. The highest BCUT2D eigenvalue weighted by molar-refractivity contribution is 6.16. The van der Waals surface area contributed by atoms with Crippen molar-refractivity contribution in [3.8, 4) is 0 Å². The SMILES string of the molecule is C[C@H](NC(=O)CC1CCCCC1)C(=O)N[C@@H]1CN(C)c2ccccc2C(c2ccccc2)=N1. The molecule has 2 amide bonds. The number of aliphatic imine (C=N–C) groups is 1. The first-order valence-corrected chi connectivity index (χ1v) is 12.0. The lowest BCUT2D eigenvalue weighted by molar-refractivity contribution is -0.129. The Bertz CT molecular complexity index is 998. The summed E-state index contributed by atoms with van der Waals surface area (Å²) in [6, 6.07) is 17.6. The minimum Gasteiger partial charge on any atom is -0.370 e. The Hall–Kier alpha value is -3.15. The van der Waals surface area contributed by atoms with Crippen LogP contribution < -0.4 is 15.5 Å². The summed E-state index contributed by atoms with van der Waals surface area (Å²) in [5.74, 6) is 0.192. The Morgan fingerprint density at radius 1 is 1.03 bits per heavy atom. The zero-order valence-corrected chi connectivity index (χ0v) is 19.6. The maximum Gasteiger partial charge on any atom is 0.243 e. The molecule has 6 heteroatoms. The minimum atomic E-state index is -0.604. The second-order valence-corrected chi connectivity index (χ2v) is 9.26. The lowest BCUT2D eigenvalue weighted by Gasteiger charge is -2.24. The number of rotatable bonds is 6. The quantitative estimate of drug-likeness (QED) is 0.707. The number of carbonyl (C=O) groups excluding carboxylic acids is 2. The fourth-order valence-electron chi connectivity index (χ4n) is 4.84. The van der Waals surface area contributed by atoms with E-state index in [4.69, 9.17) is 4.99 Å². The van der Waals surface area contributed by atoms with Crippen molar-refractivity contribution < 1.29 is 9.59 Å². The van der Waals surface area contributed by atoms with E-state index in [-0.39, 0.29) is 11.8 Å². The standard InChI is InChI=1S/C27H34N4O2/c1-19(28-25(32)17-20-11-5-3-6-12-20)27(33)30-24-18-31(2)23-16-10-9-15-22(23)26(29-24)21-13-7-4-8-14-21/h4,7-10,13-16,19-20,24H,3,5-6,11-12,17-18H2,1-2H3,(H,28,32)(H,30,33)/t19-,24+/m0/s1.